The zero-order chi connectivity index (χ0) is 23.2. The summed E-state index contributed by atoms with van der Waals surface area (Å²) in [5, 5.41) is 15.3. The molecule has 7 heteroatoms. The monoisotopic (exact) mass is 457 g/mol. The molecule has 1 aromatic heterocycles. The zero-order valence-corrected chi connectivity index (χ0v) is 19.2. The van der Waals surface area contributed by atoms with Gasteiger partial charge in [0.2, 0.25) is 5.91 Å². The maximum Gasteiger partial charge on any atom is 0.357 e. The van der Waals surface area contributed by atoms with E-state index in [0.29, 0.717) is 18.2 Å². The Bertz CT molecular complexity index is 1260. The van der Waals surface area contributed by atoms with Crippen molar-refractivity contribution in [1.29, 1.82) is 5.26 Å². The second-order valence-electron chi connectivity index (χ2n) is 8.85. The van der Waals surface area contributed by atoms with Crippen molar-refractivity contribution in [2.75, 3.05) is 11.9 Å². The molecule has 1 atom stereocenters. The molecule has 33 heavy (non-hydrogen) atoms. The summed E-state index contributed by atoms with van der Waals surface area (Å²) in [7, 11) is 0. The van der Waals surface area contributed by atoms with Gasteiger partial charge in [0, 0.05) is 11.3 Å². The topological polar surface area (TPSA) is 92.1 Å². The summed E-state index contributed by atoms with van der Waals surface area (Å²) in [5.41, 5.74) is 2.42. The molecule has 3 aliphatic carbocycles. The van der Waals surface area contributed by atoms with Crippen molar-refractivity contribution in [3.63, 3.8) is 0 Å². The number of fused-ring (bicyclic) bond motifs is 1. The number of ether oxygens (including phenoxy) is 1. The Balaban J connectivity index is 1.53. The van der Waals surface area contributed by atoms with E-state index in [1.807, 2.05) is 62.4 Å². The van der Waals surface area contributed by atoms with Crippen molar-refractivity contribution < 1.29 is 14.3 Å². The van der Waals surface area contributed by atoms with Gasteiger partial charge in [-0.15, -0.1) is 11.3 Å². The Morgan fingerprint density at radius 1 is 1.18 bits per heavy atom. The fourth-order valence-corrected chi connectivity index (χ4v) is 6.10. The van der Waals surface area contributed by atoms with E-state index in [1.165, 1.54) is 11.3 Å². The molecular formula is C26H23N3O3S. The second kappa shape index (κ2) is 7.82. The van der Waals surface area contributed by atoms with Crippen LogP contribution in [-0.2, 0) is 14.9 Å². The summed E-state index contributed by atoms with van der Waals surface area (Å²) in [6.45, 7) is 4.17. The highest BCUT2D eigenvalue weighted by Gasteiger charge is 2.61. The van der Waals surface area contributed by atoms with E-state index in [0.717, 1.165) is 28.7 Å². The fourth-order valence-electron chi connectivity index (χ4n) is 5.42. The zero-order valence-electron chi connectivity index (χ0n) is 18.4. The van der Waals surface area contributed by atoms with Crippen LogP contribution < -0.4 is 5.32 Å². The van der Waals surface area contributed by atoms with Gasteiger partial charge in [0.1, 0.15) is 5.41 Å². The number of rotatable bonds is 5. The second-order valence-corrected chi connectivity index (χ2v) is 9.70. The first-order chi connectivity index (χ1) is 15.9. The normalized spacial score (nSPS) is 24.3. The van der Waals surface area contributed by atoms with Crippen LogP contribution in [0, 0.1) is 16.7 Å². The lowest BCUT2D eigenvalue weighted by molar-refractivity contribution is -0.127. The number of aromatic nitrogens is 1. The summed E-state index contributed by atoms with van der Waals surface area (Å²) < 4.78 is 5.13. The third kappa shape index (κ3) is 3.09. The average Bonchev–Trinajstić information content (AvgIpc) is 3.31. The molecule has 3 aliphatic rings. The molecule has 1 unspecified atom stereocenters. The maximum atomic E-state index is 13.7. The lowest BCUT2D eigenvalue weighted by atomic mass is 9.47. The minimum Gasteiger partial charge on any atom is -0.461 e. The van der Waals surface area contributed by atoms with E-state index in [-0.39, 0.29) is 17.5 Å². The Morgan fingerprint density at radius 3 is 2.42 bits per heavy atom. The number of nitrogens with one attached hydrogen (secondary N) is 1. The molecule has 0 radical (unpaired) electrons. The van der Waals surface area contributed by atoms with E-state index < -0.39 is 16.8 Å². The van der Waals surface area contributed by atoms with Crippen LogP contribution in [0.2, 0.25) is 0 Å². The van der Waals surface area contributed by atoms with Gasteiger partial charge in [-0.3, -0.25) is 4.79 Å². The molecule has 3 aromatic rings. The third-order valence-corrected chi connectivity index (χ3v) is 7.57. The van der Waals surface area contributed by atoms with Gasteiger partial charge in [0.25, 0.3) is 0 Å². The summed E-state index contributed by atoms with van der Waals surface area (Å²) in [5.74, 6) is -0.893. The number of esters is 1. The summed E-state index contributed by atoms with van der Waals surface area (Å²) in [4.78, 5) is 30.1. The standard InChI is InChI=1S/C26H23N3O3S/c1-3-12-32-22(30)20-13-33-24(28-20)29-23(31)25(2)14-26(15-27)18-10-6-4-8-16(18)21(25)17-9-5-7-11-19(17)26/h4-11,13,21H,3,12,14H2,1-2H3,(H,28,29,31). The molecule has 6 nitrogen and oxygen atoms in total. The Labute approximate surface area is 196 Å². The third-order valence-electron chi connectivity index (χ3n) is 6.81. The molecule has 0 aliphatic heterocycles. The van der Waals surface area contributed by atoms with Crippen molar-refractivity contribution in [1.82, 2.24) is 4.98 Å². The number of nitrogens with zero attached hydrogens (tertiary/aromatic N) is 2. The number of anilines is 1. The number of carbonyl (C=O) groups is 2. The van der Waals surface area contributed by atoms with Gasteiger partial charge in [0.15, 0.2) is 10.8 Å². The van der Waals surface area contributed by atoms with E-state index in [1.54, 1.807) is 5.38 Å². The summed E-state index contributed by atoms with van der Waals surface area (Å²) in [6.07, 6.45) is 1.10. The van der Waals surface area contributed by atoms with E-state index in [2.05, 4.69) is 16.4 Å². The highest BCUT2D eigenvalue weighted by molar-refractivity contribution is 7.14. The van der Waals surface area contributed by atoms with Crippen molar-refractivity contribution >= 4 is 28.3 Å². The lowest BCUT2D eigenvalue weighted by Gasteiger charge is -2.54. The molecule has 0 saturated carbocycles. The first-order valence-electron chi connectivity index (χ1n) is 11.0. The largest absolute Gasteiger partial charge is 0.461 e. The predicted octanol–water partition coefficient (Wildman–Crippen LogP) is 5.01. The van der Waals surface area contributed by atoms with Crippen molar-refractivity contribution in [3.8, 4) is 6.07 Å². The minimum atomic E-state index is -0.897. The Kier molecular flexibility index (Phi) is 5.06. The van der Waals surface area contributed by atoms with Gasteiger partial charge in [0.05, 0.1) is 18.1 Å². The minimum absolute atomic E-state index is 0.184. The van der Waals surface area contributed by atoms with Crippen molar-refractivity contribution in [2.45, 2.75) is 38.0 Å². The molecule has 0 saturated heterocycles. The van der Waals surface area contributed by atoms with Crippen LogP contribution in [0.15, 0.2) is 53.9 Å². The first kappa shape index (κ1) is 21.4. The highest BCUT2D eigenvalue weighted by Crippen LogP contribution is 2.63. The van der Waals surface area contributed by atoms with Crippen molar-refractivity contribution in [2.24, 2.45) is 5.41 Å². The molecule has 2 aromatic carbocycles. The maximum absolute atomic E-state index is 13.7. The van der Waals surface area contributed by atoms with Gasteiger partial charge < -0.3 is 10.1 Å². The van der Waals surface area contributed by atoms with Gasteiger partial charge in [-0.1, -0.05) is 55.5 Å². The van der Waals surface area contributed by atoms with E-state index in [9.17, 15) is 14.9 Å². The lowest BCUT2D eigenvalue weighted by Crippen LogP contribution is -2.53. The van der Waals surface area contributed by atoms with Crippen LogP contribution in [0.3, 0.4) is 0 Å². The average molecular weight is 458 g/mol. The van der Waals surface area contributed by atoms with Gasteiger partial charge >= 0.3 is 5.97 Å². The van der Waals surface area contributed by atoms with Crippen LogP contribution in [0.1, 0.15) is 65.3 Å². The summed E-state index contributed by atoms with van der Waals surface area (Å²) in [6, 6.07) is 18.5. The van der Waals surface area contributed by atoms with Crippen LogP contribution in [0.4, 0.5) is 5.13 Å². The predicted molar refractivity (Wildman–Crippen MR) is 125 cm³/mol. The molecule has 2 bridgehead atoms. The number of amides is 1. The first-order valence-corrected chi connectivity index (χ1v) is 11.9. The van der Waals surface area contributed by atoms with Crippen molar-refractivity contribution in [3.05, 3.63) is 81.9 Å². The quantitative estimate of drug-likeness (QED) is 0.544. The SMILES string of the molecule is CCCOC(=O)c1csc(NC(=O)C2(C)CC3(C#N)c4ccccc4C2c2ccccc23)n1. The van der Waals surface area contributed by atoms with Crippen LogP contribution in [-0.4, -0.2) is 23.5 Å². The summed E-state index contributed by atoms with van der Waals surface area (Å²) >= 11 is 1.19. The molecular weight excluding hydrogens is 434 g/mol. The number of hydrogen-bond donors (Lipinski definition) is 1. The van der Waals surface area contributed by atoms with Crippen LogP contribution in [0.5, 0.6) is 0 Å². The number of benzene rings is 2. The van der Waals surface area contributed by atoms with E-state index in [4.69, 9.17) is 4.74 Å². The number of thiazole rings is 1. The highest BCUT2D eigenvalue weighted by atomic mass is 32.1. The smallest absolute Gasteiger partial charge is 0.357 e. The van der Waals surface area contributed by atoms with Crippen LogP contribution in [0.25, 0.3) is 0 Å². The molecule has 166 valence electrons. The Hall–Kier alpha value is -3.50. The molecule has 0 spiro atoms. The Morgan fingerprint density at radius 2 is 1.82 bits per heavy atom. The number of hydrogen-bond acceptors (Lipinski definition) is 6. The number of nitriles is 1. The van der Waals surface area contributed by atoms with E-state index >= 15 is 0 Å². The molecule has 1 N–H and O–H groups in total. The number of carbonyl (C=O) groups excluding carboxylic acids is 2. The molecule has 1 amide bonds. The van der Waals surface area contributed by atoms with Crippen LogP contribution >= 0.6 is 11.3 Å². The molecule has 0 fully saturated rings. The van der Waals surface area contributed by atoms with Gasteiger partial charge in [-0.25, -0.2) is 9.78 Å². The fraction of sp³-hybridized carbons (Fsp3) is 0.308. The van der Waals surface area contributed by atoms with Gasteiger partial charge in [-0.05, 0) is 42.0 Å². The molecule has 6 rings (SSSR count). The molecule has 1 heterocycles. The van der Waals surface area contributed by atoms with Gasteiger partial charge in [-0.2, -0.15) is 5.26 Å².